The largest absolute Gasteiger partial charge is 0.492 e. The maximum absolute atomic E-state index is 5.59. The first-order valence-electron chi connectivity index (χ1n) is 5.16. The Balaban J connectivity index is 2.41. The fourth-order valence-corrected chi connectivity index (χ4v) is 2.14. The summed E-state index contributed by atoms with van der Waals surface area (Å²) in [6.45, 7) is 7.67. The van der Waals surface area contributed by atoms with E-state index in [0.29, 0.717) is 11.3 Å². The Morgan fingerprint density at radius 3 is 2.93 bits per heavy atom. The van der Waals surface area contributed by atoms with Crippen molar-refractivity contribution in [3.05, 3.63) is 24.0 Å². The molecule has 0 N–H and O–H groups in total. The van der Waals surface area contributed by atoms with Crippen LogP contribution in [0, 0.1) is 5.41 Å². The van der Waals surface area contributed by atoms with Crippen molar-refractivity contribution in [3.8, 4) is 5.75 Å². The molecule has 0 spiro atoms. The highest BCUT2D eigenvalue weighted by Crippen LogP contribution is 2.43. The summed E-state index contributed by atoms with van der Waals surface area (Å²) in [6.07, 6.45) is 4.79. The number of rotatable bonds is 0. The average molecular weight is 191 g/mol. The highest BCUT2D eigenvalue weighted by molar-refractivity contribution is 5.35. The van der Waals surface area contributed by atoms with Crippen molar-refractivity contribution < 1.29 is 4.74 Å². The highest BCUT2D eigenvalue weighted by atomic mass is 16.5. The molecule has 0 bridgehead atoms. The van der Waals surface area contributed by atoms with Crippen molar-refractivity contribution >= 4 is 0 Å². The molecule has 2 heteroatoms. The van der Waals surface area contributed by atoms with Gasteiger partial charge < -0.3 is 4.74 Å². The first-order valence-corrected chi connectivity index (χ1v) is 5.16. The molecule has 14 heavy (non-hydrogen) atoms. The zero-order valence-electron chi connectivity index (χ0n) is 9.08. The Morgan fingerprint density at radius 1 is 1.43 bits per heavy atom. The molecule has 1 aromatic heterocycles. The third-order valence-corrected chi connectivity index (χ3v) is 2.90. The van der Waals surface area contributed by atoms with Crippen LogP contribution in [0.25, 0.3) is 0 Å². The molecule has 76 valence electrons. The summed E-state index contributed by atoms with van der Waals surface area (Å²) in [5.41, 5.74) is 1.62. The van der Waals surface area contributed by atoms with Crippen molar-refractivity contribution in [1.82, 2.24) is 4.98 Å². The summed E-state index contributed by atoms with van der Waals surface area (Å²) in [4.78, 5) is 4.09. The second-order valence-corrected chi connectivity index (χ2v) is 4.97. The number of aromatic nitrogens is 1. The van der Waals surface area contributed by atoms with E-state index in [1.54, 1.807) is 0 Å². The van der Waals surface area contributed by atoms with E-state index < -0.39 is 0 Å². The molecule has 2 nitrogen and oxygen atoms in total. The molecular weight excluding hydrogens is 174 g/mol. The van der Waals surface area contributed by atoms with E-state index >= 15 is 0 Å². The Hall–Kier alpha value is -1.05. The fraction of sp³-hybridized carbons (Fsp3) is 0.583. The summed E-state index contributed by atoms with van der Waals surface area (Å²) in [6, 6.07) is 2.09. The van der Waals surface area contributed by atoms with Gasteiger partial charge in [-0.05, 0) is 23.8 Å². The lowest BCUT2D eigenvalue weighted by molar-refractivity contribution is 0.203. The van der Waals surface area contributed by atoms with Crippen LogP contribution in [0.3, 0.4) is 0 Å². The van der Waals surface area contributed by atoms with E-state index in [0.717, 1.165) is 18.8 Å². The van der Waals surface area contributed by atoms with E-state index in [1.807, 2.05) is 12.4 Å². The summed E-state index contributed by atoms with van der Waals surface area (Å²) in [5, 5.41) is 0. The summed E-state index contributed by atoms with van der Waals surface area (Å²) >= 11 is 0. The number of nitrogens with zero attached hydrogens (tertiary/aromatic N) is 1. The molecule has 1 aliphatic rings. The molecule has 2 rings (SSSR count). The smallest absolute Gasteiger partial charge is 0.141 e. The number of fused-ring (bicyclic) bond motifs is 1. The van der Waals surface area contributed by atoms with Gasteiger partial charge in [0.05, 0.1) is 12.8 Å². The zero-order chi connectivity index (χ0) is 10.2. The Bertz CT molecular complexity index is 327. The Kier molecular flexibility index (Phi) is 2.22. The van der Waals surface area contributed by atoms with Gasteiger partial charge in [-0.2, -0.15) is 0 Å². The maximum Gasteiger partial charge on any atom is 0.141 e. The monoisotopic (exact) mass is 191 g/mol. The van der Waals surface area contributed by atoms with Crippen molar-refractivity contribution in [2.45, 2.75) is 33.1 Å². The average Bonchev–Trinajstić information content (AvgIpc) is 2.15. The van der Waals surface area contributed by atoms with E-state index in [4.69, 9.17) is 4.74 Å². The van der Waals surface area contributed by atoms with Crippen LogP contribution in [0.4, 0.5) is 0 Å². The van der Waals surface area contributed by atoms with Crippen molar-refractivity contribution in [1.29, 1.82) is 0 Å². The summed E-state index contributed by atoms with van der Waals surface area (Å²) in [7, 11) is 0. The second kappa shape index (κ2) is 3.26. The van der Waals surface area contributed by atoms with Crippen LogP contribution in [-0.2, 0) is 0 Å². The van der Waals surface area contributed by atoms with Gasteiger partial charge in [-0.3, -0.25) is 4.98 Å². The van der Waals surface area contributed by atoms with Crippen LogP contribution < -0.4 is 4.74 Å². The molecule has 1 aliphatic heterocycles. The Labute approximate surface area is 85.3 Å². The SMILES string of the molecule is CC(C)(C)C1CCOc2cnccc21. The first kappa shape index (κ1) is 9.50. The summed E-state index contributed by atoms with van der Waals surface area (Å²) < 4.78 is 5.59. The minimum absolute atomic E-state index is 0.305. The molecular formula is C12H17NO. The number of hydrogen-bond donors (Lipinski definition) is 0. The van der Waals surface area contributed by atoms with Gasteiger partial charge in [0.25, 0.3) is 0 Å². The minimum atomic E-state index is 0.305. The third-order valence-electron chi connectivity index (χ3n) is 2.90. The molecule has 0 saturated heterocycles. The van der Waals surface area contributed by atoms with Crippen LogP contribution in [0.5, 0.6) is 5.75 Å². The van der Waals surface area contributed by atoms with Gasteiger partial charge in [0, 0.05) is 11.8 Å². The lowest BCUT2D eigenvalue weighted by Gasteiger charge is -2.35. The molecule has 0 radical (unpaired) electrons. The predicted molar refractivity (Wildman–Crippen MR) is 56.5 cm³/mol. The standard InChI is InChI=1S/C12H17NO/c1-12(2,3)10-5-7-14-11-8-13-6-4-9(10)11/h4,6,8,10H,5,7H2,1-3H3. The second-order valence-electron chi connectivity index (χ2n) is 4.97. The van der Waals surface area contributed by atoms with Crippen LogP contribution in [0.1, 0.15) is 38.7 Å². The van der Waals surface area contributed by atoms with Gasteiger partial charge in [0.1, 0.15) is 5.75 Å². The normalized spacial score (nSPS) is 21.2. The van der Waals surface area contributed by atoms with Crippen molar-refractivity contribution in [3.63, 3.8) is 0 Å². The van der Waals surface area contributed by atoms with E-state index in [2.05, 4.69) is 31.8 Å². The van der Waals surface area contributed by atoms with Gasteiger partial charge in [-0.1, -0.05) is 20.8 Å². The van der Waals surface area contributed by atoms with Gasteiger partial charge in [0.15, 0.2) is 0 Å². The van der Waals surface area contributed by atoms with Crippen molar-refractivity contribution in [2.24, 2.45) is 5.41 Å². The molecule has 0 aliphatic carbocycles. The molecule has 1 atom stereocenters. The number of ether oxygens (including phenoxy) is 1. The molecule has 0 amide bonds. The van der Waals surface area contributed by atoms with Gasteiger partial charge >= 0.3 is 0 Å². The zero-order valence-corrected chi connectivity index (χ0v) is 9.08. The molecule has 0 saturated carbocycles. The first-order chi connectivity index (χ1) is 6.59. The van der Waals surface area contributed by atoms with Crippen LogP contribution in [0.2, 0.25) is 0 Å². The van der Waals surface area contributed by atoms with Gasteiger partial charge in [-0.15, -0.1) is 0 Å². The summed E-state index contributed by atoms with van der Waals surface area (Å²) in [5.74, 6) is 1.56. The lowest BCUT2D eigenvalue weighted by Crippen LogP contribution is -2.25. The van der Waals surface area contributed by atoms with Crippen LogP contribution in [0.15, 0.2) is 18.5 Å². The maximum atomic E-state index is 5.59. The molecule has 0 aromatic carbocycles. The highest BCUT2D eigenvalue weighted by Gasteiger charge is 2.31. The topological polar surface area (TPSA) is 22.1 Å². The predicted octanol–water partition coefficient (Wildman–Crippen LogP) is 2.99. The van der Waals surface area contributed by atoms with Gasteiger partial charge in [0.2, 0.25) is 0 Å². The molecule has 1 unspecified atom stereocenters. The van der Waals surface area contributed by atoms with E-state index in [9.17, 15) is 0 Å². The van der Waals surface area contributed by atoms with E-state index in [1.165, 1.54) is 5.56 Å². The van der Waals surface area contributed by atoms with Crippen LogP contribution in [-0.4, -0.2) is 11.6 Å². The van der Waals surface area contributed by atoms with Gasteiger partial charge in [-0.25, -0.2) is 0 Å². The minimum Gasteiger partial charge on any atom is -0.492 e. The molecule has 2 heterocycles. The fourth-order valence-electron chi connectivity index (χ4n) is 2.14. The Morgan fingerprint density at radius 2 is 2.21 bits per heavy atom. The quantitative estimate of drug-likeness (QED) is 0.629. The molecule has 1 aromatic rings. The van der Waals surface area contributed by atoms with E-state index in [-0.39, 0.29) is 0 Å². The van der Waals surface area contributed by atoms with Crippen molar-refractivity contribution in [2.75, 3.05) is 6.61 Å². The van der Waals surface area contributed by atoms with Crippen LogP contribution >= 0.6 is 0 Å². The molecule has 0 fully saturated rings. The third kappa shape index (κ3) is 1.61. The number of hydrogen-bond acceptors (Lipinski definition) is 2. The lowest BCUT2D eigenvalue weighted by atomic mass is 9.74. The number of pyridine rings is 1.